The monoisotopic (exact) mass is 366 g/mol. The highest BCUT2D eigenvalue weighted by Crippen LogP contribution is 2.30. The van der Waals surface area contributed by atoms with Crippen LogP contribution in [0.25, 0.3) is 0 Å². The Labute approximate surface area is 153 Å². The third kappa shape index (κ3) is 4.52. The van der Waals surface area contributed by atoms with Gasteiger partial charge in [-0.05, 0) is 49.5 Å². The molecule has 2 fully saturated rings. The number of methoxy groups -OCH3 is 1. The molecule has 7 heteroatoms. The number of carboxylic acid groups (broad SMARTS) is 1. The summed E-state index contributed by atoms with van der Waals surface area (Å²) >= 11 is 0. The Hall–Kier alpha value is -1.70. The molecule has 0 amide bonds. The standard InChI is InChI=1S/C19H27FN2O4/c1-25-17-3-2-15(12-16(17)20)18(19(23)24)22-6-4-14(5-7-22)13-21-8-10-26-11-9-21/h2-3,12,14,18H,4-11,13H2,1H3,(H,23,24). The van der Waals surface area contributed by atoms with E-state index in [-0.39, 0.29) is 5.75 Å². The molecule has 2 aliphatic rings. The first-order valence-corrected chi connectivity index (χ1v) is 9.19. The average Bonchev–Trinajstić information content (AvgIpc) is 2.64. The van der Waals surface area contributed by atoms with E-state index in [1.807, 2.05) is 4.90 Å². The van der Waals surface area contributed by atoms with Gasteiger partial charge in [-0.2, -0.15) is 0 Å². The maximum absolute atomic E-state index is 14.0. The summed E-state index contributed by atoms with van der Waals surface area (Å²) in [6.45, 7) is 6.00. The lowest BCUT2D eigenvalue weighted by Crippen LogP contribution is -2.44. The second-order valence-corrected chi connectivity index (χ2v) is 7.03. The molecule has 1 atom stereocenters. The lowest BCUT2D eigenvalue weighted by atomic mass is 9.93. The molecule has 144 valence electrons. The van der Waals surface area contributed by atoms with E-state index in [0.717, 1.165) is 45.7 Å². The number of aliphatic carboxylic acids is 1. The van der Waals surface area contributed by atoms with Crippen LogP contribution < -0.4 is 4.74 Å². The number of morpholine rings is 1. The third-order valence-electron chi connectivity index (χ3n) is 5.36. The van der Waals surface area contributed by atoms with Crippen molar-refractivity contribution in [3.8, 4) is 5.75 Å². The zero-order chi connectivity index (χ0) is 18.5. The molecule has 2 heterocycles. The predicted octanol–water partition coefficient (Wildman–Crippen LogP) is 2.00. The van der Waals surface area contributed by atoms with Crippen LogP contribution in [-0.2, 0) is 9.53 Å². The van der Waals surface area contributed by atoms with E-state index in [4.69, 9.17) is 9.47 Å². The van der Waals surface area contributed by atoms with E-state index in [1.54, 1.807) is 6.07 Å². The van der Waals surface area contributed by atoms with Gasteiger partial charge in [-0.1, -0.05) is 6.07 Å². The molecule has 0 radical (unpaired) electrons. The van der Waals surface area contributed by atoms with Crippen molar-refractivity contribution in [1.82, 2.24) is 9.80 Å². The van der Waals surface area contributed by atoms with Crippen LogP contribution in [0.5, 0.6) is 5.75 Å². The zero-order valence-electron chi connectivity index (χ0n) is 15.2. The van der Waals surface area contributed by atoms with Gasteiger partial charge < -0.3 is 14.6 Å². The molecule has 0 aliphatic carbocycles. The van der Waals surface area contributed by atoms with Gasteiger partial charge in [0.25, 0.3) is 0 Å². The van der Waals surface area contributed by atoms with E-state index in [0.29, 0.717) is 24.6 Å². The Morgan fingerprint density at radius 2 is 2.00 bits per heavy atom. The maximum atomic E-state index is 14.0. The predicted molar refractivity (Wildman–Crippen MR) is 94.9 cm³/mol. The molecule has 0 aromatic heterocycles. The normalized spacial score (nSPS) is 21.5. The Morgan fingerprint density at radius 3 is 2.58 bits per heavy atom. The van der Waals surface area contributed by atoms with Gasteiger partial charge in [0.15, 0.2) is 11.6 Å². The number of rotatable bonds is 6. The Bertz CT molecular complexity index is 614. The van der Waals surface area contributed by atoms with Crippen LogP contribution in [0, 0.1) is 11.7 Å². The minimum atomic E-state index is -0.943. The summed E-state index contributed by atoms with van der Waals surface area (Å²) < 4.78 is 24.3. The van der Waals surface area contributed by atoms with Crippen molar-refractivity contribution in [2.75, 3.05) is 53.0 Å². The van der Waals surface area contributed by atoms with Gasteiger partial charge in [0, 0.05) is 19.6 Å². The first kappa shape index (κ1) is 19.1. The summed E-state index contributed by atoms with van der Waals surface area (Å²) in [5.41, 5.74) is 0.461. The number of nitrogens with zero attached hydrogens (tertiary/aromatic N) is 2. The SMILES string of the molecule is COc1ccc(C(C(=O)O)N2CCC(CN3CCOCC3)CC2)cc1F. The van der Waals surface area contributed by atoms with Crippen LogP contribution in [0.1, 0.15) is 24.4 Å². The van der Waals surface area contributed by atoms with Gasteiger partial charge in [-0.3, -0.25) is 14.6 Å². The second-order valence-electron chi connectivity index (χ2n) is 7.03. The summed E-state index contributed by atoms with van der Waals surface area (Å²) in [5.74, 6) is -0.770. The summed E-state index contributed by atoms with van der Waals surface area (Å²) in [4.78, 5) is 16.2. The number of ether oxygens (including phenoxy) is 2. The summed E-state index contributed by atoms with van der Waals surface area (Å²) in [5, 5.41) is 9.71. The number of carbonyl (C=O) groups is 1. The summed E-state index contributed by atoms with van der Waals surface area (Å²) in [6.07, 6.45) is 1.92. The topological polar surface area (TPSA) is 62.2 Å². The number of halogens is 1. The molecule has 1 N–H and O–H groups in total. The van der Waals surface area contributed by atoms with Crippen LogP contribution >= 0.6 is 0 Å². The van der Waals surface area contributed by atoms with Crippen molar-refractivity contribution in [2.45, 2.75) is 18.9 Å². The highest BCUT2D eigenvalue weighted by atomic mass is 19.1. The highest BCUT2D eigenvalue weighted by molar-refractivity contribution is 5.75. The van der Waals surface area contributed by atoms with E-state index in [1.165, 1.54) is 19.2 Å². The largest absolute Gasteiger partial charge is 0.494 e. The fraction of sp³-hybridized carbons (Fsp3) is 0.632. The lowest BCUT2D eigenvalue weighted by Gasteiger charge is -2.38. The molecular weight excluding hydrogens is 339 g/mol. The van der Waals surface area contributed by atoms with Crippen molar-refractivity contribution in [1.29, 1.82) is 0 Å². The fourth-order valence-corrected chi connectivity index (χ4v) is 3.90. The van der Waals surface area contributed by atoms with Crippen molar-refractivity contribution in [3.05, 3.63) is 29.6 Å². The fourth-order valence-electron chi connectivity index (χ4n) is 3.90. The number of carboxylic acids is 1. The summed E-state index contributed by atoms with van der Waals surface area (Å²) in [6, 6.07) is 3.59. The molecule has 6 nitrogen and oxygen atoms in total. The van der Waals surface area contributed by atoms with Crippen molar-refractivity contribution in [3.63, 3.8) is 0 Å². The molecule has 0 saturated carbocycles. The maximum Gasteiger partial charge on any atom is 0.325 e. The third-order valence-corrected chi connectivity index (χ3v) is 5.36. The molecule has 1 unspecified atom stereocenters. The van der Waals surface area contributed by atoms with Gasteiger partial charge >= 0.3 is 5.97 Å². The van der Waals surface area contributed by atoms with Crippen LogP contribution in [0.2, 0.25) is 0 Å². The molecular formula is C19H27FN2O4. The van der Waals surface area contributed by atoms with Crippen LogP contribution in [-0.4, -0.2) is 73.9 Å². The average molecular weight is 366 g/mol. The minimum absolute atomic E-state index is 0.127. The van der Waals surface area contributed by atoms with Gasteiger partial charge in [0.2, 0.25) is 0 Å². The number of benzene rings is 1. The second kappa shape index (κ2) is 8.79. The van der Waals surface area contributed by atoms with Gasteiger partial charge in [-0.25, -0.2) is 4.39 Å². The van der Waals surface area contributed by atoms with E-state index >= 15 is 0 Å². The van der Waals surface area contributed by atoms with Crippen LogP contribution in [0.3, 0.4) is 0 Å². The van der Waals surface area contributed by atoms with E-state index < -0.39 is 17.8 Å². The molecule has 0 spiro atoms. The highest BCUT2D eigenvalue weighted by Gasteiger charge is 2.32. The van der Waals surface area contributed by atoms with Crippen molar-refractivity contribution in [2.24, 2.45) is 5.92 Å². The van der Waals surface area contributed by atoms with Gasteiger partial charge in [0.1, 0.15) is 6.04 Å². The molecule has 1 aromatic carbocycles. The first-order valence-electron chi connectivity index (χ1n) is 9.19. The number of likely N-dealkylation sites (tertiary alicyclic amines) is 1. The smallest absolute Gasteiger partial charge is 0.325 e. The van der Waals surface area contributed by atoms with Crippen LogP contribution in [0.4, 0.5) is 4.39 Å². The molecule has 2 aliphatic heterocycles. The Balaban J connectivity index is 1.61. The van der Waals surface area contributed by atoms with Crippen molar-refractivity contribution < 1.29 is 23.8 Å². The first-order chi connectivity index (χ1) is 12.6. The van der Waals surface area contributed by atoms with Gasteiger partial charge in [-0.15, -0.1) is 0 Å². The minimum Gasteiger partial charge on any atom is -0.494 e. The molecule has 1 aromatic rings. The zero-order valence-corrected chi connectivity index (χ0v) is 15.2. The van der Waals surface area contributed by atoms with Gasteiger partial charge in [0.05, 0.1) is 20.3 Å². The Morgan fingerprint density at radius 1 is 1.31 bits per heavy atom. The number of hydrogen-bond donors (Lipinski definition) is 1. The Kier molecular flexibility index (Phi) is 6.45. The number of hydrogen-bond acceptors (Lipinski definition) is 5. The van der Waals surface area contributed by atoms with E-state index in [2.05, 4.69) is 4.90 Å². The number of piperidine rings is 1. The molecule has 0 bridgehead atoms. The molecule has 2 saturated heterocycles. The molecule has 26 heavy (non-hydrogen) atoms. The van der Waals surface area contributed by atoms with Crippen molar-refractivity contribution >= 4 is 5.97 Å². The van der Waals surface area contributed by atoms with E-state index in [9.17, 15) is 14.3 Å². The van der Waals surface area contributed by atoms with Crippen LogP contribution in [0.15, 0.2) is 18.2 Å². The summed E-state index contributed by atoms with van der Waals surface area (Å²) in [7, 11) is 1.39. The molecule has 3 rings (SSSR count). The quantitative estimate of drug-likeness (QED) is 0.831. The lowest BCUT2D eigenvalue weighted by molar-refractivity contribution is -0.144.